The number of nitrogens with zero attached hydrogens (tertiary/aromatic N) is 1. The van der Waals surface area contributed by atoms with E-state index in [1.807, 2.05) is 23.1 Å². The second-order valence-electron chi connectivity index (χ2n) is 6.92. The molecule has 0 spiro atoms. The summed E-state index contributed by atoms with van der Waals surface area (Å²) in [6.07, 6.45) is 2.63. The van der Waals surface area contributed by atoms with Crippen LogP contribution in [0.5, 0.6) is 11.5 Å². The molecule has 0 saturated carbocycles. The van der Waals surface area contributed by atoms with Crippen molar-refractivity contribution in [2.45, 2.75) is 32.4 Å². The first kappa shape index (κ1) is 23.0. The van der Waals surface area contributed by atoms with Crippen LogP contribution in [-0.2, 0) is 17.9 Å². The lowest BCUT2D eigenvalue weighted by Crippen LogP contribution is -2.28. The molecule has 1 amide bonds. The highest BCUT2D eigenvalue weighted by Gasteiger charge is 2.18. The topological polar surface area (TPSA) is 50.8 Å². The first-order valence-electron chi connectivity index (χ1n) is 9.68. The number of rotatable bonds is 10. The van der Waals surface area contributed by atoms with E-state index < -0.39 is 0 Å². The third-order valence-corrected chi connectivity index (χ3v) is 4.82. The molecule has 2 aromatic carbocycles. The number of carbonyl (C=O) groups is 1. The van der Waals surface area contributed by atoms with Gasteiger partial charge in [-0.05, 0) is 54.8 Å². The summed E-state index contributed by atoms with van der Waals surface area (Å²) in [6.45, 7) is 3.65. The molecule has 0 atom stereocenters. The van der Waals surface area contributed by atoms with Crippen molar-refractivity contribution in [3.05, 3.63) is 59.4 Å². The molecular formula is C22H28ClFN2O3. The quantitative estimate of drug-likeness (QED) is 0.589. The van der Waals surface area contributed by atoms with E-state index in [4.69, 9.17) is 9.47 Å². The number of nitrogens with one attached hydrogen (secondary N) is 1. The molecule has 2 aromatic rings. The summed E-state index contributed by atoms with van der Waals surface area (Å²) in [5, 5.41) is 3.40. The highest BCUT2D eigenvalue weighted by Crippen LogP contribution is 2.29. The Hall–Kier alpha value is -2.31. The second kappa shape index (κ2) is 11.6. The van der Waals surface area contributed by atoms with Crippen LogP contribution < -0.4 is 14.8 Å². The molecule has 0 radical (unpaired) electrons. The highest BCUT2D eigenvalue weighted by molar-refractivity contribution is 5.85. The van der Waals surface area contributed by atoms with E-state index in [1.165, 1.54) is 12.1 Å². The molecule has 29 heavy (non-hydrogen) atoms. The fraction of sp³-hybridized carbons (Fsp3) is 0.409. The first-order valence-corrected chi connectivity index (χ1v) is 9.68. The second-order valence-corrected chi connectivity index (χ2v) is 6.92. The lowest BCUT2D eigenvalue weighted by molar-refractivity contribution is -0.127. The molecule has 3 rings (SSSR count). The van der Waals surface area contributed by atoms with Crippen LogP contribution in [0.25, 0.3) is 0 Å². The minimum Gasteiger partial charge on any atom is -0.493 e. The molecule has 0 aliphatic carbocycles. The van der Waals surface area contributed by atoms with Crippen LogP contribution in [0.1, 0.15) is 30.4 Å². The Kier molecular flexibility index (Phi) is 9.22. The minimum absolute atomic E-state index is 0. The fourth-order valence-corrected chi connectivity index (χ4v) is 3.25. The number of amides is 1. The van der Waals surface area contributed by atoms with E-state index in [2.05, 4.69) is 5.32 Å². The Morgan fingerprint density at radius 2 is 1.86 bits per heavy atom. The third kappa shape index (κ3) is 6.91. The molecule has 1 aliphatic rings. The largest absolute Gasteiger partial charge is 0.493 e. The van der Waals surface area contributed by atoms with Gasteiger partial charge in [-0.2, -0.15) is 0 Å². The van der Waals surface area contributed by atoms with Crippen molar-refractivity contribution in [1.82, 2.24) is 10.2 Å². The Morgan fingerprint density at radius 3 is 2.55 bits per heavy atom. The molecule has 0 aromatic heterocycles. The smallest absolute Gasteiger partial charge is 0.222 e. The van der Waals surface area contributed by atoms with Gasteiger partial charge >= 0.3 is 0 Å². The van der Waals surface area contributed by atoms with Gasteiger partial charge in [0.2, 0.25) is 5.91 Å². The van der Waals surface area contributed by atoms with E-state index >= 15 is 0 Å². The summed E-state index contributed by atoms with van der Waals surface area (Å²) in [7, 11) is 1.62. The lowest BCUT2D eigenvalue weighted by Gasteiger charge is -2.15. The van der Waals surface area contributed by atoms with Crippen LogP contribution in [-0.4, -0.2) is 37.6 Å². The molecular weight excluding hydrogens is 395 g/mol. The van der Waals surface area contributed by atoms with Crippen molar-refractivity contribution in [2.75, 3.05) is 26.7 Å². The molecule has 1 heterocycles. The number of methoxy groups -OCH3 is 1. The third-order valence-electron chi connectivity index (χ3n) is 4.82. The first-order chi connectivity index (χ1) is 13.7. The molecule has 5 nitrogen and oxygen atoms in total. The van der Waals surface area contributed by atoms with Crippen molar-refractivity contribution >= 4 is 18.3 Å². The normalized spacial score (nSPS) is 13.3. The highest BCUT2D eigenvalue weighted by atomic mass is 35.5. The number of ether oxygens (including phenoxy) is 2. The average molecular weight is 423 g/mol. The summed E-state index contributed by atoms with van der Waals surface area (Å²) < 4.78 is 24.2. The van der Waals surface area contributed by atoms with Gasteiger partial charge < -0.3 is 19.7 Å². The van der Waals surface area contributed by atoms with Crippen LogP contribution in [0.4, 0.5) is 4.39 Å². The van der Waals surface area contributed by atoms with Crippen molar-refractivity contribution < 1.29 is 18.7 Å². The van der Waals surface area contributed by atoms with Crippen molar-refractivity contribution in [2.24, 2.45) is 0 Å². The molecule has 0 bridgehead atoms. The molecule has 1 aliphatic heterocycles. The van der Waals surface area contributed by atoms with E-state index in [9.17, 15) is 9.18 Å². The van der Waals surface area contributed by atoms with E-state index in [0.717, 1.165) is 50.1 Å². The fourth-order valence-electron chi connectivity index (χ4n) is 3.25. The van der Waals surface area contributed by atoms with Gasteiger partial charge in [-0.25, -0.2) is 4.39 Å². The number of benzene rings is 2. The summed E-state index contributed by atoms with van der Waals surface area (Å²) in [6, 6.07) is 12.1. The summed E-state index contributed by atoms with van der Waals surface area (Å²) in [4.78, 5) is 13.5. The maximum absolute atomic E-state index is 13.0. The van der Waals surface area contributed by atoms with Crippen molar-refractivity contribution in [3.8, 4) is 11.5 Å². The van der Waals surface area contributed by atoms with Crippen molar-refractivity contribution in [1.29, 1.82) is 0 Å². The summed E-state index contributed by atoms with van der Waals surface area (Å²) >= 11 is 0. The summed E-state index contributed by atoms with van der Waals surface area (Å²) in [5.41, 5.74) is 1.99. The van der Waals surface area contributed by atoms with Gasteiger partial charge in [0, 0.05) is 26.1 Å². The molecule has 158 valence electrons. The molecule has 1 saturated heterocycles. The minimum atomic E-state index is -0.259. The summed E-state index contributed by atoms with van der Waals surface area (Å²) in [5.74, 6) is 1.35. The Morgan fingerprint density at radius 1 is 1.10 bits per heavy atom. The van der Waals surface area contributed by atoms with E-state index in [0.29, 0.717) is 24.5 Å². The average Bonchev–Trinajstić information content (AvgIpc) is 3.12. The predicted octanol–water partition coefficient (Wildman–Crippen LogP) is 3.94. The lowest BCUT2D eigenvalue weighted by atomic mass is 10.2. The van der Waals surface area contributed by atoms with Crippen LogP contribution >= 0.6 is 12.4 Å². The van der Waals surface area contributed by atoms with Gasteiger partial charge in [0.05, 0.1) is 7.11 Å². The van der Waals surface area contributed by atoms with Crippen LogP contribution in [0, 0.1) is 5.82 Å². The zero-order chi connectivity index (χ0) is 19.8. The standard InChI is InChI=1S/C22H27FN2O3.ClH/c1-27-21-14-18(15-24-11-3-13-25-12-2-4-22(25)26)7-10-20(21)28-16-17-5-8-19(23)9-6-17;/h5-10,14,24H,2-4,11-13,15-16H2,1H3;1H. The van der Waals surface area contributed by atoms with Crippen molar-refractivity contribution in [3.63, 3.8) is 0 Å². The maximum atomic E-state index is 13.0. The van der Waals surface area contributed by atoms with Crippen LogP contribution in [0.3, 0.4) is 0 Å². The zero-order valence-corrected chi connectivity index (χ0v) is 17.5. The van der Waals surface area contributed by atoms with Gasteiger partial charge in [0.1, 0.15) is 12.4 Å². The van der Waals surface area contributed by atoms with Gasteiger partial charge in [-0.3, -0.25) is 4.79 Å². The van der Waals surface area contributed by atoms with Gasteiger partial charge in [-0.15, -0.1) is 12.4 Å². The molecule has 1 N–H and O–H groups in total. The predicted molar refractivity (Wildman–Crippen MR) is 113 cm³/mol. The van der Waals surface area contributed by atoms with Gasteiger partial charge in [0.25, 0.3) is 0 Å². The number of hydrogen-bond donors (Lipinski definition) is 1. The molecule has 1 fully saturated rings. The number of halogens is 2. The van der Waals surface area contributed by atoms with E-state index in [-0.39, 0.29) is 24.1 Å². The van der Waals surface area contributed by atoms with Crippen LogP contribution in [0.2, 0.25) is 0 Å². The van der Waals surface area contributed by atoms with Crippen LogP contribution in [0.15, 0.2) is 42.5 Å². The van der Waals surface area contributed by atoms with Gasteiger partial charge in [0.15, 0.2) is 11.5 Å². The zero-order valence-electron chi connectivity index (χ0n) is 16.7. The maximum Gasteiger partial charge on any atom is 0.222 e. The SMILES string of the molecule is COc1cc(CNCCCN2CCCC2=O)ccc1OCc1ccc(F)cc1.Cl. The van der Waals surface area contributed by atoms with E-state index in [1.54, 1.807) is 19.2 Å². The number of carbonyl (C=O) groups excluding carboxylic acids is 1. The Bertz CT molecular complexity index is 786. The number of likely N-dealkylation sites (tertiary alicyclic amines) is 1. The molecule has 7 heteroatoms. The Balaban J connectivity index is 0.00000300. The molecule has 0 unspecified atom stereocenters. The monoisotopic (exact) mass is 422 g/mol. The van der Waals surface area contributed by atoms with Gasteiger partial charge in [-0.1, -0.05) is 18.2 Å². The number of hydrogen-bond acceptors (Lipinski definition) is 4. The Labute approximate surface area is 177 Å².